The van der Waals surface area contributed by atoms with E-state index in [9.17, 15) is 0 Å². The Kier molecular flexibility index (Phi) is 4.53. The van der Waals surface area contributed by atoms with E-state index in [4.69, 9.17) is 9.47 Å². The van der Waals surface area contributed by atoms with Crippen LogP contribution in [0.4, 0.5) is 0 Å². The topological polar surface area (TPSA) is 18.5 Å². The van der Waals surface area contributed by atoms with Gasteiger partial charge in [-0.15, -0.1) is 0 Å². The lowest BCUT2D eigenvalue weighted by atomic mass is 10.3. The molecule has 3 heteroatoms. The first-order valence-corrected chi connectivity index (χ1v) is 5.20. The summed E-state index contributed by atoms with van der Waals surface area (Å²) < 4.78 is 11.6. The van der Waals surface area contributed by atoms with Gasteiger partial charge in [0.2, 0.25) is 0 Å². The van der Waals surface area contributed by atoms with Gasteiger partial charge in [-0.25, -0.2) is 0 Å². The molecule has 0 atom stereocenters. The van der Waals surface area contributed by atoms with Crippen LogP contribution in [0.15, 0.2) is 35.3 Å². The second-order valence-corrected chi connectivity index (χ2v) is 3.84. The highest BCUT2D eigenvalue weighted by Crippen LogP contribution is 2.20. The van der Waals surface area contributed by atoms with Crippen molar-refractivity contribution in [1.82, 2.24) is 0 Å². The number of rotatable bonds is 5. The predicted octanol–water partition coefficient (Wildman–Crippen LogP) is 3.37. The third-order valence-electron chi connectivity index (χ3n) is 1.51. The van der Waals surface area contributed by atoms with E-state index in [1.165, 1.54) is 0 Å². The van der Waals surface area contributed by atoms with Gasteiger partial charge in [0.25, 0.3) is 0 Å². The molecule has 0 radical (unpaired) electrons. The number of hydrogen-bond acceptors (Lipinski definition) is 2. The molecule has 0 aliphatic heterocycles. The molecule has 0 aliphatic carbocycles. The summed E-state index contributed by atoms with van der Waals surface area (Å²) in [7, 11) is 0. The fourth-order valence-corrected chi connectivity index (χ4v) is 1.10. The lowest BCUT2D eigenvalue weighted by Gasteiger charge is -2.07. The first kappa shape index (κ1) is 11.1. The number of ether oxygens (including phenoxy) is 2. The summed E-state index contributed by atoms with van der Waals surface area (Å²) in [6, 6.07) is 7.55. The van der Waals surface area contributed by atoms with Crippen LogP contribution in [0.25, 0.3) is 0 Å². The van der Waals surface area contributed by atoms with Gasteiger partial charge >= 0.3 is 0 Å². The van der Waals surface area contributed by atoms with Gasteiger partial charge in [0.15, 0.2) is 0 Å². The van der Waals surface area contributed by atoms with Crippen LogP contribution >= 0.6 is 15.9 Å². The van der Waals surface area contributed by atoms with E-state index in [1.807, 2.05) is 31.2 Å². The summed E-state index contributed by atoms with van der Waals surface area (Å²) in [4.78, 5) is 0. The second kappa shape index (κ2) is 5.70. The Hall–Kier alpha value is -0.960. The lowest BCUT2D eigenvalue weighted by molar-refractivity contribution is 0.330. The van der Waals surface area contributed by atoms with Crippen molar-refractivity contribution >= 4 is 15.9 Å². The Labute approximate surface area is 92.7 Å². The SMILES string of the molecule is C=C(Br)COc1cccc(OCC)c1. The van der Waals surface area contributed by atoms with E-state index in [0.717, 1.165) is 16.0 Å². The van der Waals surface area contributed by atoms with Gasteiger partial charge in [-0.05, 0) is 19.1 Å². The Morgan fingerprint density at radius 3 is 2.57 bits per heavy atom. The van der Waals surface area contributed by atoms with Crippen molar-refractivity contribution in [3.63, 3.8) is 0 Å². The predicted molar refractivity (Wildman–Crippen MR) is 61.2 cm³/mol. The fraction of sp³-hybridized carbons (Fsp3) is 0.273. The monoisotopic (exact) mass is 256 g/mol. The van der Waals surface area contributed by atoms with Crippen LogP contribution in [0.2, 0.25) is 0 Å². The summed E-state index contributed by atoms with van der Waals surface area (Å²) in [6.07, 6.45) is 0. The highest BCUT2D eigenvalue weighted by molar-refractivity contribution is 9.11. The summed E-state index contributed by atoms with van der Waals surface area (Å²) in [5.74, 6) is 1.61. The molecule has 0 saturated heterocycles. The van der Waals surface area contributed by atoms with E-state index in [1.54, 1.807) is 0 Å². The van der Waals surface area contributed by atoms with E-state index >= 15 is 0 Å². The zero-order valence-electron chi connectivity index (χ0n) is 8.13. The first-order chi connectivity index (χ1) is 6.72. The maximum absolute atomic E-state index is 5.43. The molecule has 0 amide bonds. The standard InChI is InChI=1S/C11H13BrO2/c1-3-13-10-5-4-6-11(7-10)14-8-9(2)12/h4-7H,2-3,8H2,1H3. The van der Waals surface area contributed by atoms with Crippen molar-refractivity contribution in [2.45, 2.75) is 6.92 Å². The quantitative estimate of drug-likeness (QED) is 0.805. The molecule has 1 aromatic rings. The lowest BCUT2D eigenvalue weighted by Crippen LogP contribution is -1.97. The average Bonchev–Trinajstić information content (AvgIpc) is 2.16. The molecule has 1 rings (SSSR count). The Balaban J connectivity index is 2.58. The van der Waals surface area contributed by atoms with Crippen LogP contribution in [0.5, 0.6) is 11.5 Å². The minimum absolute atomic E-state index is 0.468. The van der Waals surface area contributed by atoms with Gasteiger partial charge < -0.3 is 9.47 Å². The van der Waals surface area contributed by atoms with Gasteiger partial charge in [-0.2, -0.15) is 0 Å². The molecule has 0 spiro atoms. The van der Waals surface area contributed by atoms with Crippen molar-refractivity contribution in [3.8, 4) is 11.5 Å². The molecule has 0 aliphatic rings. The molecular weight excluding hydrogens is 244 g/mol. The Morgan fingerprint density at radius 1 is 1.36 bits per heavy atom. The normalized spacial score (nSPS) is 9.57. The van der Waals surface area contributed by atoms with Gasteiger partial charge in [0, 0.05) is 10.5 Å². The van der Waals surface area contributed by atoms with Crippen LogP contribution in [0.3, 0.4) is 0 Å². The Morgan fingerprint density at radius 2 is 2.00 bits per heavy atom. The molecule has 0 fully saturated rings. The summed E-state index contributed by atoms with van der Waals surface area (Å²) in [5.41, 5.74) is 0. The average molecular weight is 257 g/mol. The fourth-order valence-electron chi connectivity index (χ4n) is 0.982. The summed E-state index contributed by atoms with van der Waals surface area (Å²) in [5, 5.41) is 0. The van der Waals surface area contributed by atoms with Crippen molar-refractivity contribution in [2.75, 3.05) is 13.2 Å². The smallest absolute Gasteiger partial charge is 0.123 e. The third kappa shape index (κ3) is 3.83. The van der Waals surface area contributed by atoms with E-state index in [0.29, 0.717) is 13.2 Å². The molecule has 0 N–H and O–H groups in total. The van der Waals surface area contributed by atoms with Crippen LogP contribution in [-0.2, 0) is 0 Å². The summed E-state index contributed by atoms with van der Waals surface area (Å²) in [6.45, 7) is 6.77. The largest absolute Gasteiger partial charge is 0.494 e. The van der Waals surface area contributed by atoms with Crippen LogP contribution in [0, 0.1) is 0 Å². The first-order valence-electron chi connectivity index (χ1n) is 4.41. The number of halogens is 1. The Bertz CT molecular complexity index is 310. The van der Waals surface area contributed by atoms with E-state index in [2.05, 4.69) is 22.5 Å². The molecule has 2 nitrogen and oxygen atoms in total. The van der Waals surface area contributed by atoms with Crippen molar-refractivity contribution in [3.05, 3.63) is 35.3 Å². The molecule has 0 saturated carbocycles. The van der Waals surface area contributed by atoms with Crippen LogP contribution in [-0.4, -0.2) is 13.2 Å². The molecule has 0 aromatic heterocycles. The van der Waals surface area contributed by atoms with Gasteiger partial charge in [0.1, 0.15) is 18.1 Å². The van der Waals surface area contributed by atoms with Gasteiger partial charge in [-0.3, -0.25) is 0 Å². The van der Waals surface area contributed by atoms with Crippen molar-refractivity contribution in [1.29, 1.82) is 0 Å². The zero-order valence-corrected chi connectivity index (χ0v) is 9.71. The minimum atomic E-state index is 0.468. The van der Waals surface area contributed by atoms with Gasteiger partial charge in [-0.1, -0.05) is 28.6 Å². The highest BCUT2D eigenvalue weighted by atomic mass is 79.9. The third-order valence-corrected chi connectivity index (χ3v) is 1.74. The van der Waals surface area contributed by atoms with Crippen molar-refractivity contribution < 1.29 is 9.47 Å². The van der Waals surface area contributed by atoms with Crippen molar-refractivity contribution in [2.24, 2.45) is 0 Å². The van der Waals surface area contributed by atoms with Crippen LogP contribution < -0.4 is 9.47 Å². The number of hydrogen-bond donors (Lipinski definition) is 0. The van der Waals surface area contributed by atoms with E-state index < -0.39 is 0 Å². The molecule has 0 unspecified atom stereocenters. The van der Waals surface area contributed by atoms with Crippen LogP contribution in [0.1, 0.15) is 6.92 Å². The number of benzene rings is 1. The zero-order chi connectivity index (χ0) is 10.4. The molecule has 1 aromatic carbocycles. The van der Waals surface area contributed by atoms with Gasteiger partial charge in [0.05, 0.1) is 6.61 Å². The molecule has 76 valence electrons. The molecule has 0 heterocycles. The summed E-state index contributed by atoms with van der Waals surface area (Å²) >= 11 is 3.23. The second-order valence-electron chi connectivity index (χ2n) is 2.71. The highest BCUT2D eigenvalue weighted by Gasteiger charge is 1.97. The maximum Gasteiger partial charge on any atom is 0.123 e. The molecular formula is C11H13BrO2. The minimum Gasteiger partial charge on any atom is -0.494 e. The molecule has 14 heavy (non-hydrogen) atoms. The van der Waals surface area contributed by atoms with E-state index in [-0.39, 0.29) is 0 Å². The maximum atomic E-state index is 5.43. The molecule has 0 bridgehead atoms.